The van der Waals surface area contributed by atoms with Crippen LogP contribution in [-0.4, -0.2) is 21.2 Å². The van der Waals surface area contributed by atoms with Crippen LogP contribution in [0.3, 0.4) is 0 Å². The molecule has 0 amide bonds. The number of hydrogen-bond donors (Lipinski definition) is 2. The van der Waals surface area contributed by atoms with Crippen LogP contribution >= 0.6 is 0 Å². The maximum atomic E-state index is 13.3. The molecule has 0 saturated heterocycles. The van der Waals surface area contributed by atoms with Crippen LogP contribution in [-0.2, 0) is 6.54 Å². The molecule has 1 aliphatic carbocycles. The van der Waals surface area contributed by atoms with Crippen LogP contribution in [0.25, 0.3) is 0 Å². The van der Waals surface area contributed by atoms with Gasteiger partial charge in [0.05, 0.1) is 6.20 Å². The summed E-state index contributed by atoms with van der Waals surface area (Å²) in [5.74, 6) is 0.462. The van der Waals surface area contributed by atoms with Gasteiger partial charge in [-0.05, 0) is 25.8 Å². The Hall–Kier alpha value is -1.95. The minimum atomic E-state index is -0.363. The van der Waals surface area contributed by atoms with Gasteiger partial charge in [0.15, 0.2) is 0 Å². The quantitative estimate of drug-likeness (QED) is 0.868. The Morgan fingerprint density at radius 3 is 3.00 bits per heavy atom. The number of nitrogens with one attached hydrogen (secondary N) is 2. The lowest BCUT2D eigenvalue weighted by molar-refractivity contribution is 0.431. The largest absolute Gasteiger partial charge is 0.419 e. The normalized spacial score (nSPS) is 14.6. The van der Waals surface area contributed by atoms with Crippen LogP contribution < -0.4 is 10.1 Å². The van der Waals surface area contributed by atoms with Crippen molar-refractivity contribution in [1.82, 2.24) is 20.5 Å². The fourth-order valence-corrected chi connectivity index (χ4v) is 1.77. The average molecular weight is 262 g/mol. The second kappa shape index (κ2) is 4.97. The molecule has 0 atom stereocenters. The number of ether oxygens (including phenoxy) is 1. The number of aromatic amines is 1. The third-order valence-electron chi connectivity index (χ3n) is 2.93. The van der Waals surface area contributed by atoms with Crippen LogP contribution in [0.5, 0.6) is 11.8 Å². The van der Waals surface area contributed by atoms with Crippen molar-refractivity contribution in [2.24, 2.45) is 0 Å². The van der Waals surface area contributed by atoms with E-state index in [2.05, 4.69) is 20.5 Å². The first-order chi connectivity index (χ1) is 9.20. The van der Waals surface area contributed by atoms with Gasteiger partial charge >= 0.3 is 0 Å². The molecule has 1 aliphatic rings. The van der Waals surface area contributed by atoms with Gasteiger partial charge in [-0.2, -0.15) is 0 Å². The molecule has 0 spiro atoms. The fourth-order valence-electron chi connectivity index (χ4n) is 1.77. The Kier molecular flexibility index (Phi) is 3.16. The molecule has 0 radical (unpaired) electrons. The number of aromatic nitrogens is 3. The highest BCUT2D eigenvalue weighted by molar-refractivity contribution is 5.30. The molecule has 0 bridgehead atoms. The molecule has 2 heterocycles. The summed E-state index contributed by atoms with van der Waals surface area (Å²) in [6.45, 7) is 2.43. The second-order valence-corrected chi connectivity index (χ2v) is 4.76. The molecule has 0 aliphatic heterocycles. The Morgan fingerprint density at radius 2 is 2.32 bits per heavy atom. The van der Waals surface area contributed by atoms with Gasteiger partial charge in [-0.3, -0.25) is 5.10 Å². The van der Waals surface area contributed by atoms with Crippen LogP contribution in [0.4, 0.5) is 4.39 Å². The summed E-state index contributed by atoms with van der Waals surface area (Å²) in [6, 6.07) is 3.75. The molecule has 0 unspecified atom stereocenters. The predicted molar refractivity (Wildman–Crippen MR) is 67.5 cm³/mol. The number of halogens is 1. The molecule has 100 valence electrons. The van der Waals surface area contributed by atoms with Crippen molar-refractivity contribution in [3.05, 3.63) is 35.4 Å². The molecule has 1 fully saturated rings. The molecule has 0 aromatic carbocycles. The van der Waals surface area contributed by atoms with Gasteiger partial charge in [-0.15, -0.1) is 5.10 Å². The molecule has 3 rings (SSSR count). The lowest BCUT2D eigenvalue weighted by Crippen LogP contribution is -2.16. The molecule has 1 saturated carbocycles. The first-order valence-corrected chi connectivity index (χ1v) is 6.28. The van der Waals surface area contributed by atoms with Crippen LogP contribution in [0.2, 0.25) is 0 Å². The maximum absolute atomic E-state index is 13.3. The van der Waals surface area contributed by atoms with Crippen molar-refractivity contribution in [3.8, 4) is 11.8 Å². The molecule has 2 aromatic heterocycles. The summed E-state index contributed by atoms with van der Waals surface area (Å²) in [4.78, 5) is 3.99. The number of nitrogens with zero attached hydrogens (tertiary/aromatic N) is 2. The average Bonchev–Trinajstić information content (AvgIpc) is 3.13. The van der Waals surface area contributed by atoms with Gasteiger partial charge in [0.2, 0.25) is 11.8 Å². The molecule has 2 aromatic rings. The maximum Gasteiger partial charge on any atom is 0.240 e. The first-order valence-electron chi connectivity index (χ1n) is 6.28. The Balaban J connectivity index is 1.77. The smallest absolute Gasteiger partial charge is 0.240 e. The van der Waals surface area contributed by atoms with Crippen molar-refractivity contribution in [3.63, 3.8) is 0 Å². The Bertz CT molecular complexity index is 580. The molecular formula is C13H15FN4O. The highest BCUT2D eigenvalue weighted by atomic mass is 19.1. The minimum Gasteiger partial charge on any atom is -0.419 e. The van der Waals surface area contributed by atoms with E-state index in [1.165, 1.54) is 18.9 Å². The van der Waals surface area contributed by atoms with E-state index in [1.54, 1.807) is 6.07 Å². The van der Waals surface area contributed by atoms with Crippen LogP contribution in [0.15, 0.2) is 18.3 Å². The Morgan fingerprint density at radius 1 is 1.47 bits per heavy atom. The molecule has 5 nitrogen and oxygen atoms in total. The summed E-state index contributed by atoms with van der Waals surface area (Å²) in [7, 11) is 0. The number of hydrogen-bond acceptors (Lipinski definition) is 4. The van der Waals surface area contributed by atoms with E-state index in [0.29, 0.717) is 29.9 Å². The highest BCUT2D eigenvalue weighted by Crippen LogP contribution is 2.24. The summed E-state index contributed by atoms with van der Waals surface area (Å²) in [6.07, 6.45) is 3.50. The first kappa shape index (κ1) is 12.1. The van der Waals surface area contributed by atoms with Crippen LogP contribution in [0, 0.1) is 12.7 Å². The van der Waals surface area contributed by atoms with Gasteiger partial charge < -0.3 is 10.1 Å². The van der Waals surface area contributed by atoms with E-state index in [4.69, 9.17) is 4.74 Å². The molecule has 19 heavy (non-hydrogen) atoms. The fraction of sp³-hybridized carbons (Fsp3) is 0.385. The third-order valence-corrected chi connectivity index (χ3v) is 2.93. The van der Waals surface area contributed by atoms with Crippen molar-refractivity contribution >= 4 is 0 Å². The predicted octanol–water partition coefficient (Wildman–Crippen LogP) is 2.30. The highest BCUT2D eigenvalue weighted by Gasteiger charge is 2.21. The lowest BCUT2D eigenvalue weighted by atomic mass is 10.2. The number of aryl methyl sites for hydroxylation is 1. The van der Waals surface area contributed by atoms with Crippen molar-refractivity contribution in [2.75, 3.05) is 0 Å². The van der Waals surface area contributed by atoms with Gasteiger partial charge in [-0.25, -0.2) is 9.37 Å². The van der Waals surface area contributed by atoms with E-state index < -0.39 is 0 Å². The number of H-pyrrole nitrogens is 1. The second-order valence-electron chi connectivity index (χ2n) is 4.76. The monoisotopic (exact) mass is 262 g/mol. The molecule has 2 N–H and O–H groups in total. The van der Waals surface area contributed by atoms with Gasteiger partial charge in [0, 0.05) is 29.9 Å². The van der Waals surface area contributed by atoms with E-state index in [1.807, 2.05) is 6.92 Å². The zero-order valence-corrected chi connectivity index (χ0v) is 10.6. The van der Waals surface area contributed by atoms with E-state index in [0.717, 1.165) is 11.9 Å². The lowest BCUT2D eigenvalue weighted by Gasteiger charge is -2.08. The van der Waals surface area contributed by atoms with E-state index in [9.17, 15) is 4.39 Å². The standard InChI is InChI=1S/C13H15FN4O/c1-8-4-12(18-17-8)19-13-9(5-10(14)7-16-13)6-15-11-2-3-11/h4-5,7,11,15H,2-3,6H2,1H3,(H,17,18). The number of rotatable bonds is 5. The SMILES string of the molecule is Cc1cc(Oc2ncc(F)cc2CNC2CC2)n[nH]1. The number of pyridine rings is 1. The topological polar surface area (TPSA) is 62.8 Å². The summed E-state index contributed by atoms with van der Waals surface area (Å²) < 4.78 is 18.8. The van der Waals surface area contributed by atoms with Crippen LogP contribution in [0.1, 0.15) is 24.1 Å². The minimum absolute atomic E-state index is 0.363. The van der Waals surface area contributed by atoms with Gasteiger partial charge in [0.1, 0.15) is 5.82 Å². The van der Waals surface area contributed by atoms with E-state index in [-0.39, 0.29) is 5.82 Å². The zero-order chi connectivity index (χ0) is 13.2. The summed E-state index contributed by atoms with van der Waals surface area (Å²) in [5, 5.41) is 10.1. The third kappa shape index (κ3) is 3.08. The van der Waals surface area contributed by atoms with Crippen molar-refractivity contribution in [2.45, 2.75) is 32.4 Å². The van der Waals surface area contributed by atoms with Gasteiger partial charge in [-0.1, -0.05) is 0 Å². The summed E-state index contributed by atoms with van der Waals surface area (Å²) in [5.41, 5.74) is 1.60. The zero-order valence-electron chi connectivity index (χ0n) is 10.6. The van der Waals surface area contributed by atoms with Gasteiger partial charge in [0.25, 0.3) is 0 Å². The van der Waals surface area contributed by atoms with E-state index >= 15 is 0 Å². The summed E-state index contributed by atoms with van der Waals surface area (Å²) >= 11 is 0. The van der Waals surface area contributed by atoms with Crippen molar-refractivity contribution < 1.29 is 9.13 Å². The Labute approximate surface area is 110 Å². The van der Waals surface area contributed by atoms with Crippen molar-refractivity contribution in [1.29, 1.82) is 0 Å². The molecule has 6 heteroatoms. The molecular weight excluding hydrogens is 247 g/mol.